The number of rotatable bonds is 6. The molecule has 4 heteroatoms. The smallest absolute Gasteiger partial charge is 0.223 e. The van der Waals surface area contributed by atoms with Gasteiger partial charge in [-0.25, -0.2) is 0 Å². The molecule has 1 amide bonds. The normalized spacial score (nSPS) is 24.0. The van der Waals surface area contributed by atoms with E-state index in [1.54, 1.807) is 0 Å². The van der Waals surface area contributed by atoms with E-state index < -0.39 is 0 Å². The number of carbonyl (C=O) groups is 1. The van der Waals surface area contributed by atoms with Gasteiger partial charge in [0.2, 0.25) is 5.91 Å². The number of hydrogen-bond acceptors (Lipinski definition) is 3. The van der Waals surface area contributed by atoms with Crippen molar-refractivity contribution >= 4 is 5.91 Å². The monoisotopic (exact) mass is 240 g/mol. The van der Waals surface area contributed by atoms with Crippen LogP contribution in [0.3, 0.4) is 0 Å². The maximum Gasteiger partial charge on any atom is 0.223 e. The molecule has 0 aromatic carbocycles. The third-order valence-electron chi connectivity index (χ3n) is 3.22. The maximum atomic E-state index is 11.9. The summed E-state index contributed by atoms with van der Waals surface area (Å²) in [5.74, 6) is 0.130. The van der Waals surface area contributed by atoms with Gasteiger partial charge in [-0.05, 0) is 45.8 Å². The van der Waals surface area contributed by atoms with Crippen molar-refractivity contribution in [2.24, 2.45) is 11.8 Å². The number of nitrogens with zero attached hydrogens (tertiary/aromatic N) is 1. The topological polar surface area (TPSA) is 52.6 Å². The number of aliphatic hydroxyl groups is 1. The van der Waals surface area contributed by atoms with E-state index in [9.17, 15) is 9.90 Å². The van der Waals surface area contributed by atoms with Crippen LogP contribution in [0.15, 0.2) is 12.2 Å². The lowest BCUT2D eigenvalue weighted by molar-refractivity contribution is -0.127. The van der Waals surface area contributed by atoms with Crippen LogP contribution in [0.1, 0.15) is 19.3 Å². The second-order valence-corrected chi connectivity index (χ2v) is 4.94. The summed E-state index contributed by atoms with van der Waals surface area (Å²) in [7, 11) is 4.05. The van der Waals surface area contributed by atoms with Crippen molar-refractivity contribution in [2.45, 2.75) is 19.3 Å². The molecule has 0 saturated carbocycles. The predicted molar refractivity (Wildman–Crippen MR) is 68.6 cm³/mol. The van der Waals surface area contributed by atoms with Crippen molar-refractivity contribution in [3.63, 3.8) is 0 Å². The van der Waals surface area contributed by atoms with E-state index in [0.717, 1.165) is 32.4 Å². The molecular weight excluding hydrogens is 216 g/mol. The number of nitrogens with one attached hydrogen (secondary N) is 1. The Morgan fingerprint density at radius 3 is 2.76 bits per heavy atom. The van der Waals surface area contributed by atoms with Crippen LogP contribution in [0.2, 0.25) is 0 Å². The number of hydrogen-bond donors (Lipinski definition) is 2. The highest BCUT2D eigenvalue weighted by Gasteiger charge is 2.27. The Kier molecular flexibility index (Phi) is 6.22. The van der Waals surface area contributed by atoms with Gasteiger partial charge in [0.05, 0.1) is 0 Å². The average molecular weight is 240 g/mol. The minimum Gasteiger partial charge on any atom is -0.396 e. The van der Waals surface area contributed by atoms with E-state index in [1.807, 2.05) is 20.2 Å². The Bertz CT molecular complexity index is 264. The van der Waals surface area contributed by atoms with Crippen molar-refractivity contribution in [3.05, 3.63) is 12.2 Å². The zero-order valence-electron chi connectivity index (χ0n) is 10.9. The Morgan fingerprint density at radius 1 is 1.41 bits per heavy atom. The SMILES string of the molecule is CN(C)CCCNC(=O)C1CC=CCC1CO. The van der Waals surface area contributed by atoms with Crippen molar-refractivity contribution in [1.82, 2.24) is 10.2 Å². The van der Waals surface area contributed by atoms with Crippen LogP contribution in [0.4, 0.5) is 0 Å². The Morgan fingerprint density at radius 2 is 2.12 bits per heavy atom. The molecule has 0 aromatic heterocycles. The molecule has 4 nitrogen and oxygen atoms in total. The van der Waals surface area contributed by atoms with Gasteiger partial charge in [-0.2, -0.15) is 0 Å². The minimum absolute atomic E-state index is 0.0515. The van der Waals surface area contributed by atoms with Crippen LogP contribution in [0.25, 0.3) is 0 Å². The highest BCUT2D eigenvalue weighted by Crippen LogP contribution is 2.25. The summed E-state index contributed by atoms with van der Waals surface area (Å²) in [6, 6.07) is 0. The summed E-state index contributed by atoms with van der Waals surface area (Å²) in [5, 5.41) is 12.2. The summed E-state index contributed by atoms with van der Waals surface area (Å²) in [6.07, 6.45) is 6.62. The fourth-order valence-electron chi connectivity index (χ4n) is 2.13. The first-order valence-electron chi connectivity index (χ1n) is 6.33. The second-order valence-electron chi connectivity index (χ2n) is 4.94. The number of allylic oxidation sites excluding steroid dienone is 2. The summed E-state index contributed by atoms with van der Waals surface area (Å²) in [4.78, 5) is 14.0. The van der Waals surface area contributed by atoms with Crippen LogP contribution in [-0.4, -0.2) is 49.7 Å². The van der Waals surface area contributed by atoms with Gasteiger partial charge < -0.3 is 15.3 Å². The molecule has 0 fully saturated rings. The summed E-state index contributed by atoms with van der Waals surface area (Å²) in [5.41, 5.74) is 0. The summed E-state index contributed by atoms with van der Waals surface area (Å²) >= 11 is 0. The Balaban J connectivity index is 2.28. The van der Waals surface area contributed by atoms with Crippen molar-refractivity contribution in [2.75, 3.05) is 33.8 Å². The van der Waals surface area contributed by atoms with Gasteiger partial charge >= 0.3 is 0 Å². The molecule has 1 rings (SSSR count). The maximum absolute atomic E-state index is 11.9. The van der Waals surface area contributed by atoms with Crippen LogP contribution >= 0.6 is 0 Å². The zero-order valence-corrected chi connectivity index (χ0v) is 10.9. The average Bonchev–Trinajstić information content (AvgIpc) is 2.34. The Hall–Kier alpha value is -0.870. The first kappa shape index (κ1) is 14.2. The summed E-state index contributed by atoms with van der Waals surface area (Å²) in [6.45, 7) is 1.80. The lowest BCUT2D eigenvalue weighted by Crippen LogP contribution is -2.38. The van der Waals surface area contributed by atoms with E-state index >= 15 is 0 Å². The van der Waals surface area contributed by atoms with E-state index in [-0.39, 0.29) is 24.3 Å². The largest absolute Gasteiger partial charge is 0.396 e. The molecule has 0 saturated heterocycles. The second kappa shape index (κ2) is 7.45. The van der Waals surface area contributed by atoms with Crippen molar-refractivity contribution < 1.29 is 9.90 Å². The van der Waals surface area contributed by atoms with E-state index in [2.05, 4.69) is 16.3 Å². The molecule has 0 aliphatic heterocycles. The van der Waals surface area contributed by atoms with Gasteiger partial charge in [-0.3, -0.25) is 4.79 Å². The molecule has 0 spiro atoms. The van der Waals surface area contributed by atoms with Crippen LogP contribution in [0.5, 0.6) is 0 Å². The lowest BCUT2D eigenvalue weighted by Gasteiger charge is -2.25. The van der Waals surface area contributed by atoms with Gasteiger partial charge in [0.15, 0.2) is 0 Å². The van der Waals surface area contributed by atoms with Crippen LogP contribution in [0, 0.1) is 11.8 Å². The molecule has 0 radical (unpaired) electrons. The van der Waals surface area contributed by atoms with E-state index in [4.69, 9.17) is 0 Å². The molecule has 98 valence electrons. The quantitative estimate of drug-likeness (QED) is 0.529. The number of carbonyl (C=O) groups excluding carboxylic acids is 1. The number of aliphatic hydroxyl groups excluding tert-OH is 1. The van der Waals surface area contributed by atoms with Gasteiger partial charge in [0.1, 0.15) is 0 Å². The lowest BCUT2D eigenvalue weighted by atomic mass is 9.83. The molecule has 1 aliphatic rings. The van der Waals surface area contributed by atoms with E-state index in [0.29, 0.717) is 0 Å². The molecular formula is C13H24N2O2. The zero-order chi connectivity index (χ0) is 12.7. The predicted octanol–water partition coefficient (Wildman–Crippen LogP) is 0.629. The van der Waals surface area contributed by atoms with Crippen molar-refractivity contribution in [1.29, 1.82) is 0 Å². The fraction of sp³-hybridized carbons (Fsp3) is 0.769. The van der Waals surface area contributed by atoms with E-state index in [1.165, 1.54) is 0 Å². The molecule has 2 atom stereocenters. The Labute approximate surface area is 104 Å². The molecule has 2 unspecified atom stereocenters. The molecule has 2 N–H and O–H groups in total. The fourth-order valence-corrected chi connectivity index (χ4v) is 2.13. The highest BCUT2D eigenvalue weighted by molar-refractivity contribution is 5.79. The first-order valence-corrected chi connectivity index (χ1v) is 6.33. The standard InChI is InChI=1S/C13H24N2O2/c1-15(2)9-5-8-14-13(17)12-7-4-3-6-11(12)10-16/h3-4,11-12,16H,5-10H2,1-2H3,(H,14,17). The number of amides is 1. The minimum atomic E-state index is -0.0515. The molecule has 17 heavy (non-hydrogen) atoms. The first-order chi connectivity index (χ1) is 8.15. The van der Waals surface area contributed by atoms with Gasteiger partial charge in [0.25, 0.3) is 0 Å². The molecule has 0 aromatic rings. The molecule has 0 heterocycles. The third-order valence-corrected chi connectivity index (χ3v) is 3.22. The molecule has 1 aliphatic carbocycles. The summed E-state index contributed by atoms with van der Waals surface area (Å²) < 4.78 is 0. The van der Waals surface area contributed by atoms with Gasteiger partial charge in [0, 0.05) is 19.1 Å². The highest BCUT2D eigenvalue weighted by atomic mass is 16.3. The van der Waals surface area contributed by atoms with Crippen LogP contribution < -0.4 is 5.32 Å². The van der Waals surface area contributed by atoms with Gasteiger partial charge in [-0.1, -0.05) is 12.2 Å². The van der Waals surface area contributed by atoms with Crippen LogP contribution in [-0.2, 0) is 4.79 Å². The third kappa shape index (κ3) is 4.88. The van der Waals surface area contributed by atoms with Gasteiger partial charge in [-0.15, -0.1) is 0 Å². The van der Waals surface area contributed by atoms with Crippen molar-refractivity contribution in [3.8, 4) is 0 Å². The molecule has 0 bridgehead atoms.